The van der Waals surface area contributed by atoms with Crippen molar-refractivity contribution < 1.29 is 28.2 Å². The van der Waals surface area contributed by atoms with Crippen molar-refractivity contribution in [1.82, 2.24) is 4.90 Å². The first kappa shape index (κ1) is 19.3. The summed E-state index contributed by atoms with van der Waals surface area (Å²) in [5, 5.41) is 0.116. The van der Waals surface area contributed by atoms with E-state index in [2.05, 4.69) is 4.74 Å². The Bertz CT molecular complexity index is 668. The van der Waals surface area contributed by atoms with Gasteiger partial charge in [0.15, 0.2) is 0 Å². The van der Waals surface area contributed by atoms with Gasteiger partial charge in [-0.05, 0) is 26.8 Å². The zero-order chi connectivity index (χ0) is 18.8. The third-order valence-electron chi connectivity index (χ3n) is 3.51. The number of esters is 1. The molecule has 1 saturated heterocycles. The number of carbonyl (C=O) groups excluding carboxylic acids is 2. The van der Waals surface area contributed by atoms with E-state index in [1.54, 1.807) is 25.7 Å². The van der Waals surface area contributed by atoms with Crippen LogP contribution < -0.4 is 4.74 Å². The molecular weight excluding hydrogens is 353 g/mol. The molecule has 1 amide bonds. The molecule has 0 unspecified atom stereocenters. The molecule has 0 bridgehead atoms. The van der Waals surface area contributed by atoms with Crippen LogP contribution in [0.3, 0.4) is 0 Å². The van der Waals surface area contributed by atoms with Gasteiger partial charge >= 0.3 is 12.1 Å². The van der Waals surface area contributed by atoms with Gasteiger partial charge in [0.25, 0.3) is 0 Å². The van der Waals surface area contributed by atoms with Gasteiger partial charge in [0.2, 0.25) is 0 Å². The van der Waals surface area contributed by atoms with E-state index in [1.807, 2.05) is 0 Å². The van der Waals surface area contributed by atoms with Crippen LogP contribution in [0.5, 0.6) is 5.75 Å². The van der Waals surface area contributed by atoms with E-state index >= 15 is 0 Å². The molecule has 1 heterocycles. The van der Waals surface area contributed by atoms with E-state index in [-0.39, 0.29) is 35.0 Å². The van der Waals surface area contributed by atoms with E-state index in [9.17, 15) is 14.0 Å². The summed E-state index contributed by atoms with van der Waals surface area (Å²) in [7, 11) is 1.16. The Hall–Kier alpha value is -2.02. The summed E-state index contributed by atoms with van der Waals surface area (Å²) in [5.41, 5.74) is -0.787. The van der Waals surface area contributed by atoms with Gasteiger partial charge in [-0.1, -0.05) is 11.6 Å². The Morgan fingerprint density at radius 3 is 2.52 bits per heavy atom. The van der Waals surface area contributed by atoms with Crippen molar-refractivity contribution in [3.05, 3.63) is 28.5 Å². The molecule has 1 aromatic carbocycles. The maximum Gasteiger partial charge on any atom is 0.410 e. The summed E-state index contributed by atoms with van der Waals surface area (Å²) in [4.78, 5) is 24.8. The summed E-state index contributed by atoms with van der Waals surface area (Å²) < 4.78 is 29.2. The van der Waals surface area contributed by atoms with Crippen molar-refractivity contribution in [1.29, 1.82) is 0 Å². The van der Waals surface area contributed by atoms with Gasteiger partial charge in [0.1, 0.15) is 17.2 Å². The molecule has 1 aliphatic heterocycles. The van der Waals surface area contributed by atoms with Crippen LogP contribution in [-0.2, 0) is 9.47 Å². The molecule has 0 saturated carbocycles. The molecule has 0 aliphatic carbocycles. The van der Waals surface area contributed by atoms with Gasteiger partial charge in [0, 0.05) is 25.1 Å². The number of halogens is 2. The zero-order valence-corrected chi connectivity index (χ0v) is 15.4. The van der Waals surface area contributed by atoms with Crippen molar-refractivity contribution in [3.8, 4) is 5.75 Å². The van der Waals surface area contributed by atoms with Crippen LogP contribution in [-0.4, -0.2) is 49.4 Å². The highest BCUT2D eigenvalue weighted by molar-refractivity contribution is 6.32. The van der Waals surface area contributed by atoms with Crippen LogP contribution in [0.4, 0.5) is 9.18 Å². The molecule has 1 fully saturated rings. The van der Waals surface area contributed by atoms with Gasteiger partial charge in [-0.25, -0.2) is 14.0 Å². The van der Waals surface area contributed by atoms with Gasteiger partial charge in [0.05, 0.1) is 24.3 Å². The van der Waals surface area contributed by atoms with Crippen LogP contribution in [0.2, 0.25) is 5.02 Å². The summed E-state index contributed by atoms with van der Waals surface area (Å²) in [5.74, 6) is -1.33. The third-order valence-corrected chi connectivity index (χ3v) is 3.81. The molecule has 8 heteroatoms. The molecule has 0 aromatic heterocycles. The summed E-state index contributed by atoms with van der Waals surface area (Å²) in [6, 6.07) is 2.23. The van der Waals surface area contributed by atoms with Crippen molar-refractivity contribution in [2.24, 2.45) is 5.92 Å². The molecule has 138 valence electrons. The fraction of sp³-hybridized carbons (Fsp3) is 0.529. The second-order valence-corrected chi connectivity index (χ2v) is 7.22. The van der Waals surface area contributed by atoms with E-state index in [0.29, 0.717) is 13.1 Å². The molecule has 0 radical (unpaired) electrons. The molecular formula is C17H21ClFNO5. The summed E-state index contributed by atoms with van der Waals surface area (Å²) in [6.07, 6.45) is -0.366. The minimum Gasteiger partial charge on any atom is -0.491 e. The van der Waals surface area contributed by atoms with Gasteiger partial charge in [-0.3, -0.25) is 0 Å². The number of likely N-dealkylation sites (tertiary alicyclic amines) is 1. The highest BCUT2D eigenvalue weighted by Gasteiger charge is 2.34. The standard InChI is InChI=1S/C17H21ClFNO5/c1-17(2,3)25-16(22)20-7-10(8-20)9-24-14-6-13(19)11(5-12(14)18)15(21)23-4/h5-6,10H,7-9H2,1-4H3. The minimum absolute atomic E-state index is 0.104. The number of hydrogen-bond acceptors (Lipinski definition) is 5. The predicted octanol–water partition coefficient (Wildman–Crippen LogP) is 3.51. The van der Waals surface area contributed by atoms with Crippen molar-refractivity contribution in [2.45, 2.75) is 26.4 Å². The maximum atomic E-state index is 13.9. The fourth-order valence-corrected chi connectivity index (χ4v) is 2.48. The number of hydrogen-bond donors (Lipinski definition) is 0. The quantitative estimate of drug-likeness (QED) is 0.755. The van der Waals surface area contributed by atoms with E-state index in [1.165, 1.54) is 6.07 Å². The zero-order valence-electron chi connectivity index (χ0n) is 14.6. The van der Waals surface area contributed by atoms with E-state index in [0.717, 1.165) is 13.2 Å². The summed E-state index contributed by atoms with van der Waals surface area (Å²) >= 11 is 6.01. The Balaban J connectivity index is 1.86. The van der Waals surface area contributed by atoms with Crippen LogP contribution in [0.15, 0.2) is 12.1 Å². The molecule has 0 atom stereocenters. The molecule has 1 aromatic rings. The lowest BCUT2D eigenvalue weighted by Crippen LogP contribution is -2.53. The number of ether oxygens (including phenoxy) is 3. The monoisotopic (exact) mass is 373 g/mol. The minimum atomic E-state index is -0.807. The van der Waals surface area contributed by atoms with Crippen molar-refractivity contribution in [2.75, 3.05) is 26.8 Å². The number of benzene rings is 1. The summed E-state index contributed by atoms with van der Waals surface area (Å²) in [6.45, 7) is 6.68. The van der Waals surface area contributed by atoms with Gasteiger partial charge in [-0.2, -0.15) is 0 Å². The highest BCUT2D eigenvalue weighted by Crippen LogP contribution is 2.29. The third kappa shape index (κ3) is 4.98. The second-order valence-electron chi connectivity index (χ2n) is 6.82. The van der Waals surface area contributed by atoms with Gasteiger partial charge < -0.3 is 19.1 Å². The first-order chi connectivity index (χ1) is 11.6. The number of nitrogens with zero attached hydrogens (tertiary/aromatic N) is 1. The Labute approximate surface area is 150 Å². The number of carbonyl (C=O) groups is 2. The molecule has 2 rings (SSSR count). The molecule has 1 aliphatic rings. The number of amides is 1. The van der Waals surface area contributed by atoms with Crippen LogP contribution in [0, 0.1) is 11.7 Å². The highest BCUT2D eigenvalue weighted by atomic mass is 35.5. The first-order valence-electron chi connectivity index (χ1n) is 7.79. The SMILES string of the molecule is COC(=O)c1cc(Cl)c(OCC2CN(C(=O)OC(C)(C)C)C2)cc1F. The van der Waals surface area contributed by atoms with Crippen LogP contribution in [0.1, 0.15) is 31.1 Å². The molecule has 0 N–H and O–H groups in total. The average Bonchev–Trinajstić information content (AvgIpc) is 2.45. The van der Waals surface area contributed by atoms with Crippen LogP contribution >= 0.6 is 11.6 Å². The Morgan fingerprint density at radius 1 is 1.32 bits per heavy atom. The lowest BCUT2D eigenvalue weighted by atomic mass is 10.0. The molecule has 6 nitrogen and oxygen atoms in total. The first-order valence-corrected chi connectivity index (χ1v) is 8.16. The maximum absolute atomic E-state index is 13.9. The predicted molar refractivity (Wildman–Crippen MR) is 89.5 cm³/mol. The average molecular weight is 374 g/mol. The van der Waals surface area contributed by atoms with Gasteiger partial charge in [-0.15, -0.1) is 0 Å². The smallest absolute Gasteiger partial charge is 0.410 e. The lowest BCUT2D eigenvalue weighted by molar-refractivity contribution is -0.00782. The largest absolute Gasteiger partial charge is 0.491 e. The molecule has 0 spiro atoms. The Kier molecular flexibility index (Phi) is 5.77. The number of methoxy groups -OCH3 is 1. The lowest BCUT2D eigenvalue weighted by Gasteiger charge is -2.39. The van der Waals surface area contributed by atoms with Crippen molar-refractivity contribution >= 4 is 23.7 Å². The topological polar surface area (TPSA) is 65.1 Å². The van der Waals surface area contributed by atoms with Crippen LogP contribution in [0.25, 0.3) is 0 Å². The van der Waals surface area contributed by atoms with E-state index in [4.69, 9.17) is 21.1 Å². The fourth-order valence-electron chi connectivity index (χ4n) is 2.26. The van der Waals surface area contributed by atoms with Crippen molar-refractivity contribution in [3.63, 3.8) is 0 Å². The number of rotatable bonds is 4. The normalized spacial score (nSPS) is 14.7. The molecule has 25 heavy (non-hydrogen) atoms. The van der Waals surface area contributed by atoms with E-state index < -0.39 is 17.4 Å². The second kappa shape index (κ2) is 7.47. The Morgan fingerprint density at radius 2 is 1.96 bits per heavy atom.